The van der Waals surface area contributed by atoms with Gasteiger partial charge in [-0.1, -0.05) is 23.2 Å². The molecule has 36 heavy (non-hydrogen) atoms. The van der Waals surface area contributed by atoms with Gasteiger partial charge in [-0.25, -0.2) is 19.5 Å². The van der Waals surface area contributed by atoms with Crippen LogP contribution in [0.5, 0.6) is 11.5 Å². The van der Waals surface area contributed by atoms with Crippen molar-refractivity contribution in [3.63, 3.8) is 0 Å². The van der Waals surface area contributed by atoms with Gasteiger partial charge < -0.3 is 14.0 Å². The molecule has 0 N–H and O–H groups in total. The minimum Gasteiger partial charge on any atom is -0.497 e. The third kappa shape index (κ3) is 4.21. The molecule has 4 heterocycles. The van der Waals surface area contributed by atoms with Gasteiger partial charge in [-0.3, -0.25) is 0 Å². The Morgan fingerprint density at radius 2 is 1.69 bits per heavy atom. The van der Waals surface area contributed by atoms with Crippen molar-refractivity contribution in [3.8, 4) is 23.0 Å². The minimum absolute atomic E-state index is 0.294. The molecule has 0 aliphatic carbocycles. The van der Waals surface area contributed by atoms with Crippen molar-refractivity contribution in [1.82, 2.24) is 24.1 Å². The summed E-state index contributed by atoms with van der Waals surface area (Å²) in [5.41, 5.74) is 2.39. The van der Waals surface area contributed by atoms with E-state index in [1.54, 1.807) is 19.6 Å². The molecule has 0 spiro atoms. The zero-order chi connectivity index (χ0) is 24.6. The Morgan fingerprint density at radius 3 is 2.53 bits per heavy atom. The van der Waals surface area contributed by atoms with Crippen LogP contribution in [0.1, 0.15) is 0 Å². The van der Waals surface area contributed by atoms with Crippen LogP contribution in [0.25, 0.3) is 33.3 Å². The molecule has 10 heteroatoms. The van der Waals surface area contributed by atoms with Crippen molar-refractivity contribution in [2.75, 3.05) is 7.11 Å². The number of methoxy groups -OCH3 is 1. The summed E-state index contributed by atoms with van der Waals surface area (Å²) >= 11 is 12.8. The molecule has 178 valence electrons. The van der Waals surface area contributed by atoms with Gasteiger partial charge in [0.1, 0.15) is 29.0 Å². The lowest BCUT2D eigenvalue weighted by molar-refractivity contribution is -0.723. The second-order valence-electron chi connectivity index (χ2n) is 8.07. The molecule has 0 bridgehead atoms. The predicted molar refractivity (Wildman–Crippen MR) is 137 cm³/mol. The second kappa shape index (κ2) is 9.14. The molecule has 0 amide bonds. The highest BCUT2D eigenvalue weighted by Gasteiger charge is 2.13. The third-order valence-electron chi connectivity index (χ3n) is 5.80. The predicted octanol–water partition coefficient (Wildman–Crippen LogP) is 5.40. The van der Waals surface area contributed by atoms with Crippen LogP contribution in [0.4, 0.5) is 0 Å². The van der Waals surface area contributed by atoms with E-state index in [-0.39, 0.29) is 0 Å². The Labute approximate surface area is 215 Å². The Kier molecular flexibility index (Phi) is 5.67. The molecule has 8 nitrogen and oxygen atoms in total. The second-order valence-corrected chi connectivity index (χ2v) is 8.86. The molecule has 4 aromatic heterocycles. The van der Waals surface area contributed by atoms with Crippen molar-refractivity contribution < 1.29 is 14.0 Å². The molecule has 0 aliphatic heterocycles. The Balaban J connectivity index is 1.24. The van der Waals surface area contributed by atoms with Crippen molar-refractivity contribution in [2.45, 2.75) is 6.73 Å². The average molecular weight is 518 g/mol. The maximum Gasteiger partial charge on any atom is 0.253 e. The summed E-state index contributed by atoms with van der Waals surface area (Å²) in [6, 6.07) is 15.0. The topological polar surface area (TPSA) is 70.9 Å². The van der Waals surface area contributed by atoms with Crippen LogP contribution in [0, 0.1) is 0 Å². The first kappa shape index (κ1) is 22.3. The molecule has 0 fully saturated rings. The number of fused-ring (bicyclic) bond motifs is 2. The van der Waals surface area contributed by atoms with Gasteiger partial charge in [0.2, 0.25) is 12.5 Å². The van der Waals surface area contributed by atoms with E-state index in [2.05, 4.69) is 9.97 Å². The smallest absolute Gasteiger partial charge is 0.253 e. The highest BCUT2D eigenvalue weighted by molar-refractivity contribution is 6.35. The van der Waals surface area contributed by atoms with E-state index >= 15 is 0 Å². The Hall–Kier alpha value is -4.14. The van der Waals surface area contributed by atoms with E-state index in [1.807, 2.05) is 87.2 Å². The summed E-state index contributed by atoms with van der Waals surface area (Å²) < 4.78 is 17.0. The number of pyridine rings is 2. The molecule has 6 rings (SSSR count). The average Bonchev–Trinajstić information content (AvgIpc) is 3.59. The number of ether oxygens (including phenoxy) is 2. The lowest BCUT2D eigenvalue weighted by atomic mass is 10.2. The van der Waals surface area contributed by atoms with E-state index in [0.29, 0.717) is 28.5 Å². The van der Waals surface area contributed by atoms with Gasteiger partial charge in [-0.05, 0) is 24.3 Å². The molecular weight excluding hydrogens is 499 g/mol. The van der Waals surface area contributed by atoms with Gasteiger partial charge in [0.25, 0.3) is 6.33 Å². The van der Waals surface area contributed by atoms with Crippen LogP contribution in [0.3, 0.4) is 0 Å². The molecule has 0 radical (unpaired) electrons. The van der Waals surface area contributed by atoms with Gasteiger partial charge >= 0.3 is 0 Å². The van der Waals surface area contributed by atoms with Crippen LogP contribution in [0.15, 0.2) is 86.0 Å². The first-order chi connectivity index (χ1) is 17.6. The first-order valence-corrected chi connectivity index (χ1v) is 11.8. The van der Waals surface area contributed by atoms with E-state index in [0.717, 1.165) is 33.2 Å². The molecule has 0 saturated heterocycles. The Bertz CT molecular complexity index is 1720. The summed E-state index contributed by atoms with van der Waals surface area (Å²) in [6.45, 7) is 0.294. The van der Waals surface area contributed by atoms with E-state index in [4.69, 9.17) is 37.7 Å². The highest BCUT2D eigenvalue weighted by atomic mass is 35.5. The van der Waals surface area contributed by atoms with Crippen molar-refractivity contribution in [1.29, 1.82) is 0 Å². The maximum atomic E-state index is 6.51. The van der Waals surface area contributed by atoms with Crippen LogP contribution in [-0.4, -0.2) is 31.2 Å². The number of aromatic nitrogens is 6. The van der Waals surface area contributed by atoms with Gasteiger partial charge in [-0.15, -0.1) is 0 Å². The number of benzene rings is 2. The fraction of sp³-hybridized carbons (Fsp3) is 0.0769. The SMILES string of the molecule is COc1ccc2c(Cl)cc(-n3cc[n+](COc4ccc5c(-n6ccnc6)cc(Cl)nc5c4)c3)nc2c1. The zero-order valence-corrected chi connectivity index (χ0v) is 20.6. The largest absolute Gasteiger partial charge is 0.497 e. The summed E-state index contributed by atoms with van der Waals surface area (Å²) in [6.07, 6.45) is 11.0. The highest BCUT2D eigenvalue weighted by Crippen LogP contribution is 2.29. The van der Waals surface area contributed by atoms with Crippen molar-refractivity contribution in [2.24, 2.45) is 0 Å². The molecule has 6 aromatic rings. The van der Waals surface area contributed by atoms with Crippen LogP contribution >= 0.6 is 23.2 Å². The summed E-state index contributed by atoms with van der Waals surface area (Å²) in [7, 11) is 1.63. The fourth-order valence-corrected chi connectivity index (χ4v) is 4.48. The monoisotopic (exact) mass is 517 g/mol. The number of hydrogen-bond acceptors (Lipinski definition) is 5. The number of nitrogens with zero attached hydrogens (tertiary/aromatic N) is 6. The molecule has 0 aliphatic rings. The summed E-state index contributed by atoms with van der Waals surface area (Å²) in [4.78, 5) is 13.3. The van der Waals surface area contributed by atoms with E-state index < -0.39 is 0 Å². The maximum absolute atomic E-state index is 6.51. The number of imidazole rings is 2. The first-order valence-electron chi connectivity index (χ1n) is 11.0. The quantitative estimate of drug-likeness (QED) is 0.218. The molecular formula is C26H19Cl2N6O2+. The van der Waals surface area contributed by atoms with E-state index in [1.165, 1.54) is 0 Å². The van der Waals surface area contributed by atoms with Crippen molar-refractivity contribution in [3.05, 3.63) is 96.1 Å². The fourth-order valence-electron chi connectivity index (χ4n) is 4.03. The molecule has 0 atom stereocenters. The summed E-state index contributed by atoms with van der Waals surface area (Å²) in [5, 5.41) is 2.82. The summed E-state index contributed by atoms with van der Waals surface area (Å²) in [5.74, 6) is 2.09. The lowest BCUT2D eigenvalue weighted by Gasteiger charge is -2.10. The number of halogens is 2. The standard InChI is InChI=1S/C26H19Cl2N6O2/c1-35-17-2-4-19-21(27)12-26(31-22(19)10-17)34-9-8-32(15-34)16-36-18-3-5-20-23(11-18)30-25(28)13-24(20)33-7-6-29-14-33/h2-15H,16H2,1H3/q+1. The minimum atomic E-state index is 0.294. The normalized spacial score (nSPS) is 11.3. The van der Waals surface area contributed by atoms with Crippen LogP contribution < -0.4 is 14.0 Å². The van der Waals surface area contributed by atoms with Crippen LogP contribution in [0.2, 0.25) is 10.2 Å². The lowest BCUT2D eigenvalue weighted by Crippen LogP contribution is -2.34. The van der Waals surface area contributed by atoms with Crippen molar-refractivity contribution >= 4 is 45.0 Å². The third-order valence-corrected chi connectivity index (χ3v) is 6.31. The molecule has 0 saturated carbocycles. The Morgan fingerprint density at radius 1 is 0.889 bits per heavy atom. The van der Waals surface area contributed by atoms with Crippen LogP contribution in [-0.2, 0) is 6.73 Å². The van der Waals surface area contributed by atoms with Gasteiger partial charge in [0.05, 0.1) is 35.2 Å². The molecule has 0 unspecified atom stereocenters. The van der Waals surface area contributed by atoms with E-state index in [9.17, 15) is 0 Å². The van der Waals surface area contributed by atoms with Gasteiger partial charge in [-0.2, -0.15) is 4.57 Å². The number of hydrogen-bond donors (Lipinski definition) is 0. The van der Waals surface area contributed by atoms with Gasteiger partial charge in [0, 0.05) is 47.4 Å². The number of rotatable bonds is 6. The zero-order valence-electron chi connectivity index (χ0n) is 19.0. The van der Waals surface area contributed by atoms with Gasteiger partial charge in [0.15, 0.2) is 0 Å². The molecule has 2 aromatic carbocycles.